The fraction of sp³-hybridized carbons (Fsp3) is 0. The lowest BCUT2D eigenvalue weighted by atomic mass is 9.96. The first-order valence-corrected chi connectivity index (χ1v) is 37.8. The Morgan fingerprint density at radius 2 is 0.509 bits per heavy atom. The lowest BCUT2D eigenvalue weighted by Crippen LogP contribution is -1.95. The summed E-state index contributed by atoms with van der Waals surface area (Å²) in [6, 6.07) is 141. The molecule has 16 aromatic carbocycles. The van der Waals surface area contributed by atoms with Crippen molar-refractivity contribution in [3.05, 3.63) is 400 Å². The van der Waals surface area contributed by atoms with Crippen molar-refractivity contribution in [2.24, 2.45) is 0 Å². The van der Waals surface area contributed by atoms with Crippen LogP contribution in [0.1, 0.15) is 0 Å². The van der Waals surface area contributed by atoms with Crippen molar-refractivity contribution in [1.29, 1.82) is 0 Å². The first kappa shape index (κ1) is 65.2. The van der Waals surface area contributed by atoms with Crippen LogP contribution in [0.4, 0.5) is 0 Å². The molecule has 6 aromatic heterocycles. The third-order valence-electron chi connectivity index (χ3n) is 21.7. The highest BCUT2D eigenvalue weighted by Crippen LogP contribution is 2.46. The fourth-order valence-corrected chi connectivity index (χ4v) is 16.3. The van der Waals surface area contributed by atoms with Crippen LogP contribution in [0.25, 0.3) is 211 Å². The minimum atomic E-state index is 0.664. The van der Waals surface area contributed by atoms with Gasteiger partial charge in [-0.15, -0.1) is 0 Å². The van der Waals surface area contributed by atoms with Gasteiger partial charge in [-0.3, -0.25) is 0 Å². The predicted molar refractivity (Wildman–Crippen MR) is 462 cm³/mol. The van der Waals surface area contributed by atoms with Crippen LogP contribution in [0.15, 0.2) is 409 Å². The normalized spacial score (nSPS) is 11.6. The van der Waals surface area contributed by atoms with Crippen LogP contribution in [0.5, 0.6) is 0 Å². The Kier molecular flexibility index (Phi) is 16.1. The van der Waals surface area contributed by atoms with Crippen molar-refractivity contribution in [1.82, 2.24) is 29.1 Å². The molecule has 0 spiro atoms. The standard InChI is InChI=1S/2C52H33N3O/c1-4-15-34(16-5-1)35-29-31-36(32-30-35)47-51-48(54-52(53-47)37-17-6-2-7-18-37)45-27-14-25-42(50(45)56-51)39-20-12-19-38(33-39)41-24-13-26-44-43-23-10-11-28-46(43)55(49(41)44)40-21-8-3-9-22-40;1-4-14-34(15-5-1)35-26-28-36(29-27-35)48-51-49(54-52(53-48)37-16-6-2-7-17-37)45-24-13-23-42(50(45)56-51)40-19-12-18-38(32-40)39-30-31-44-43-22-10-11-25-46(43)55(47(44)33-39)41-20-8-3-9-21-41/h2*1-33H. The molecule has 524 valence electrons. The van der Waals surface area contributed by atoms with E-state index in [4.69, 9.17) is 28.8 Å². The van der Waals surface area contributed by atoms with Gasteiger partial charge in [-0.2, -0.15) is 0 Å². The lowest BCUT2D eigenvalue weighted by molar-refractivity contribution is 0.668. The van der Waals surface area contributed by atoms with E-state index in [0.717, 1.165) is 128 Å². The molecule has 8 heteroatoms. The second-order valence-corrected chi connectivity index (χ2v) is 28.3. The van der Waals surface area contributed by atoms with Crippen molar-refractivity contribution in [2.45, 2.75) is 0 Å². The molecule has 0 saturated carbocycles. The summed E-state index contributed by atoms with van der Waals surface area (Å²) < 4.78 is 18.6. The van der Waals surface area contributed by atoms with Gasteiger partial charge < -0.3 is 18.0 Å². The van der Waals surface area contributed by atoms with Crippen LogP contribution in [-0.4, -0.2) is 29.1 Å². The van der Waals surface area contributed by atoms with E-state index >= 15 is 0 Å². The molecular formula is C104H66N6O2. The van der Waals surface area contributed by atoms with E-state index < -0.39 is 0 Å². The molecule has 0 fully saturated rings. The second-order valence-electron chi connectivity index (χ2n) is 28.3. The predicted octanol–water partition coefficient (Wildman–Crippen LogP) is 27.6. The van der Waals surface area contributed by atoms with Gasteiger partial charge in [-0.25, -0.2) is 19.9 Å². The first-order valence-electron chi connectivity index (χ1n) is 37.8. The lowest BCUT2D eigenvalue weighted by Gasteiger charge is -2.12. The van der Waals surface area contributed by atoms with E-state index in [1.165, 1.54) is 60.3 Å². The molecule has 0 N–H and O–H groups in total. The highest BCUT2D eigenvalue weighted by molar-refractivity contribution is 6.16. The van der Waals surface area contributed by atoms with E-state index in [1.807, 2.05) is 48.5 Å². The molecule has 0 aliphatic heterocycles. The zero-order valence-electron chi connectivity index (χ0n) is 60.6. The molecule has 112 heavy (non-hydrogen) atoms. The van der Waals surface area contributed by atoms with Crippen LogP contribution in [0.3, 0.4) is 0 Å². The van der Waals surface area contributed by atoms with E-state index in [9.17, 15) is 0 Å². The summed E-state index contributed by atoms with van der Waals surface area (Å²) in [5, 5.41) is 6.85. The molecular weight excluding hydrogens is 1370 g/mol. The third kappa shape index (κ3) is 11.5. The molecule has 22 aromatic rings. The molecule has 0 unspecified atom stereocenters. The van der Waals surface area contributed by atoms with Gasteiger partial charge in [0.05, 0.1) is 22.1 Å². The Morgan fingerprint density at radius 1 is 0.188 bits per heavy atom. The van der Waals surface area contributed by atoms with E-state index in [-0.39, 0.29) is 0 Å². The van der Waals surface area contributed by atoms with Crippen molar-refractivity contribution < 1.29 is 8.83 Å². The average Bonchev–Trinajstić information content (AvgIpc) is 1.59. The summed E-state index contributed by atoms with van der Waals surface area (Å²) in [5.74, 6) is 1.33. The summed E-state index contributed by atoms with van der Waals surface area (Å²) in [4.78, 5) is 20.7. The minimum Gasteiger partial charge on any atom is -0.451 e. The Labute approximate surface area is 645 Å². The summed E-state index contributed by atoms with van der Waals surface area (Å²) in [6.45, 7) is 0. The molecule has 0 aliphatic rings. The van der Waals surface area contributed by atoms with Gasteiger partial charge in [-0.1, -0.05) is 334 Å². The SMILES string of the molecule is c1ccc(-c2ccc(-c3nc(-c4ccccc4)nc4c3oc3c(-c5cccc(-c6ccc7c8ccccc8n(-c8ccccc8)c7c6)c5)cccc34)cc2)cc1.c1ccc(-c2ccc(-c3nc(-c4ccccc4)nc4c3oc3c(-c5cccc(-c6cccc7c8ccccc8n(-c8ccccc8)c67)c5)cccc34)cc2)cc1. The van der Waals surface area contributed by atoms with E-state index in [1.54, 1.807) is 0 Å². The fourth-order valence-electron chi connectivity index (χ4n) is 16.3. The van der Waals surface area contributed by atoms with Crippen LogP contribution >= 0.6 is 0 Å². The van der Waals surface area contributed by atoms with E-state index in [2.05, 4.69) is 361 Å². The molecule has 0 radical (unpaired) electrons. The van der Waals surface area contributed by atoms with Crippen LogP contribution < -0.4 is 0 Å². The van der Waals surface area contributed by atoms with E-state index in [0.29, 0.717) is 22.8 Å². The highest BCUT2D eigenvalue weighted by Gasteiger charge is 2.25. The molecule has 8 nitrogen and oxygen atoms in total. The maximum Gasteiger partial charge on any atom is 0.180 e. The number of furan rings is 2. The Hall–Kier alpha value is -15.1. The van der Waals surface area contributed by atoms with Gasteiger partial charge >= 0.3 is 0 Å². The largest absolute Gasteiger partial charge is 0.451 e. The van der Waals surface area contributed by atoms with Gasteiger partial charge in [-0.05, 0) is 117 Å². The van der Waals surface area contributed by atoms with Crippen LogP contribution in [0.2, 0.25) is 0 Å². The second kappa shape index (κ2) is 27.6. The summed E-state index contributed by atoms with van der Waals surface area (Å²) in [7, 11) is 0. The zero-order valence-corrected chi connectivity index (χ0v) is 60.6. The third-order valence-corrected chi connectivity index (χ3v) is 21.7. The molecule has 0 saturated heterocycles. The van der Waals surface area contributed by atoms with Gasteiger partial charge in [0, 0.05) is 82.6 Å². The number of aromatic nitrogens is 6. The molecule has 0 bridgehead atoms. The number of para-hydroxylation sites is 7. The average molecular weight is 1430 g/mol. The molecule has 6 heterocycles. The van der Waals surface area contributed by atoms with Crippen molar-refractivity contribution in [3.63, 3.8) is 0 Å². The maximum atomic E-state index is 6.93. The smallest absolute Gasteiger partial charge is 0.180 e. The van der Waals surface area contributed by atoms with Crippen molar-refractivity contribution in [3.8, 4) is 123 Å². The van der Waals surface area contributed by atoms with Crippen molar-refractivity contribution in [2.75, 3.05) is 0 Å². The molecule has 0 atom stereocenters. The monoisotopic (exact) mass is 1430 g/mol. The number of rotatable bonds is 12. The number of nitrogens with zero attached hydrogens (tertiary/aromatic N) is 6. The summed E-state index contributed by atoms with van der Waals surface area (Å²) in [5.41, 5.74) is 30.3. The molecule has 0 amide bonds. The number of hydrogen-bond acceptors (Lipinski definition) is 6. The summed E-state index contributed by atoms with van der Waals surface area (Å²) >= 11 is 0. The number of hydrogen-bond donors (Lipinski definition) is 0. The van der Waals surface area contributed by atoms with Crippen molar-refractivity contribution >= 4 is 87.7 Å². The Morgan fingerprint density at radius 3 is 1.01 bits per heavy atom. The van der Waals surface area contributed by atoms with Gasteiger partial charge in [0.15, 0.2) is 22.8 Å². The van der Waals surface area contributed by atoms with Crippen LogP contribution in [-0.2, 0) is 0 Å². The Bertz CT molecular complexity index is 7320. The number of fused-ring (bicyclic) bond motifs is 12. The summed E-state index contributed by atoms with van der Waals surface area (Å²) in [6.07, 6.45) is 0. The van der Waals surface area contributed by atoms with Gasteiger partial charge in [0.1, 0.15) is 33.6 Å². The van der Waals surface area contributed by atoms with Gasteiger partial charge in [0.25, 0.3) is 0 Å². The first-order chi connectivity index (χ1) is 55.5. The minimum absolute atomic E-state index is 0.664. The Balaban J connectivity index is 0.000000141. The topological polar surface area (TPSA) is 87.7 Å². The maximum absolute atomic E-state index is 6.93. The highest BCUT2D eigenvalue weighted by atomic mass is 16.3. The zero-order chi connectivity index (χ0) is 74.0. The molecule has 22 rings (SSSR count). The van der Waals surface area contributed by atoms with Gasteiger partial charge in [0.2, 0.25) is 0 Å². The quantitative estimate of drug-likeness (QED) is 0.121. The molecule has 0 aliphatic carbocycles. The number of benzene rings is 16. The van der Waals surface area contributed by atoms with Crippen LogP contribution in [0, 0.1) is 0 Å².